The lowest BCUT2D eigenvalue weighted by molar-refractivity contribution is -0.00505. The van der Waals surface area contributed by atoms with Crippen LogP contribution < -0.4 is 0 Å². The van der Waals surface area contributed by atoms with Gasteiger partial charge in [0.1, 0.15) is 0 Å². The highest BCUT2D eigenvalue weighted by molar-refractivity contribution is 7.91. The highest BCUT2D eigenvalue weighted by atomic mass is 32.2. The number of rotatable bonds is 17. The SMILES string of the molecule is CCCCCCCCCCCCCCC(O)C(O)CC(O)S(C)(=O)=O. The van der Waals surface area contributed by atoms with Gasteiger partial charge in [0, 0.05) is 12.7 Å². The summed E-state index contributed by atoms with van der Waals surface area (Å²) in [5.41, 5.74) is -1.61. The summed E-state index contributed by atoms with van der Waals surface area (Å²) in [4.78, 5) is 0. The second-order valence-corrected chi connectivity index (χ2v) is 9.54. The van der Waals surface area contributed by atoms with E-state index in [1.165, 1.54) is 57.8 Å². The van der Waals surface area contributed by atoms with E-state index in [-0.39, 0.29) is 6.42 Å². The summed E-state index contributed by atoms with van der Waals surface area (Å²) < 4.78 is 22.2. The van der Waals surface area contributed by atoms with Crippen LogP contribution in [0.15, 0.2) is 0 Å². The zero-order valence-electron chi connectivity index (χ0n) is 16.2. The Labute approximate surface area is 154 Å². The molecule has 0 aromatic carbocycles. The van der Waals surface area contributed by atoms with Crippen LogP contribution in [0.4, 0.5) is 0 Å². The largest absolute Gasteiger partial charge is 0.390 e. The molecule has 0 saturated carbocycles. The molecule has 0 aromatic rings. The Bertz CT molecular complexity index is 397. The standard InChI is InChI=1S/C19H40O5S/c1-3-4-5-6-7-8-9-10-11-12-13-14-15-17(20)18(21)16-19(22)25(2,23)24/h17-22H,3-16H2,1-2H3. The Kier molecular flexibility index (Phi) is 14.8. The lowest BCUT2D eigenvalue weighted by atomic mass is 10.0. The molecule has 0 heterocycles. The number of hydrogen-bond donors (Lipinski definition) is 3. The molecule has 6 heteroatoms. The monoisotopic (exact) mass is 380 g/mol. The Balaban J connectivity index is 3.49. The van der Waals surface area contributed by atoms with Gasteiger partial charge in [-0.1, -0.05) is 84.0 Å². The molecule has 0 fully saturated rings. The minimum absolute atomic E-state index is 0.335. The Morgan fingerprint density at radius 3 is 1.48 bits per heavy atom. The van der Waals surface area contributed by atoms with Gasteiger partial charge >= 0.3 is 0 Å². The average molecular weight is 381 g/mol. The number of hydrogen-bond acceptors (Lipinski definition) is 5. The highest BCUT2D eigenvalue weighted by Gasteiger charge is 2.25. The average Bonchev–Trinajstić information content (AvgIpc) is 2.54. The predicted octanol–water partition coefficient (Wildman–Crippen LogP) is 3.55. The van der Waals surface area contributed by atoms with Gasteiger partial charge in [-0.3, -0.25) is 0 Å². The van der Waals surface area contributed by atoms with Crippen LogP contribution in [0.2, 0.25) is 0 Å². The van der Waals surface area contributed by atoms with Crippen LogP contribution in [-0.2, 0) is 9.84 Å². The van der Waals surface area contributed by atoms with Gasteiger partial charge in [-0.15, -0.1) is 0 Å². The fraction of sp³-hybridized carbons (Fsp3) is 1.00. The smallest absolute Gasteiger partial charge is 0.174 e. The van der Waals surface area contributed by atoms with Crippen LogP contribution in [0.3, 0.4) is 0 Å². The van der Waals surface area contributed by atoms with Crippen molar-refractivity contribution in [2.45, 2.75) is 114 Å². The Hall–Kier alpha value is -0.170. The topological polar surface area (TPSA) is 94.8 Å². The van der Waals surface area contributed by atoms with Gasteiger partial charge in [0.05, 0.1) is 12.2 Å². The first-order chi connectivity index (χ1) is 11.8. The minimum atomic E-state index is -3.59. The van der Waals surface area contributed by atoms with Crippen LogP contribution in [0.25, 0.3) is 0 Å². The van der Waals surface area contributed by atoms with Gasteiger partial charge in [-0.05, 0) is 6.42 Å². The molecule has 0 saturated heterocycles. The third-order valence-electron chi connectivity index (χ3n) is 4.73. The molecule has 0 spiro atoms. The minimum Gasteiger partial charge on any atom is -0.390 e. The van der Waals surface area contributed by atoms with Crippen molar-refractivity contribution in [2.75, 3.05) is 6.26 Å². The van der Waals surface area contributed by atoms with Gasteiger partial charge < -0.3 is 15.3 Å². The summed E-state index contributed by atoms with van der Waals surface area (Å²) >= 11 is 0. The summed E-state index contributed by atoms with van der Waals surface area (Å²) in [6.07, 6.45) is 13.6. The third-order valence-corrected chi connectivity index (χ3v) is 5.92. The first-order valence-corrected chi connectivity index (χ1v) is 12.0. The quantitative estimate of drug-likeness (QED) is 0.335. The molecule has 0 rings (SSSR count). The summed E-state index contributed by atoms with van der Waals surface area (Å²) in [6.45, 7) is 2.23. The van der Waals surface area contributed by atoms with Gasteiger partial charge in [0.25, 0.3) is 0 Å². The van der Waals surface area contributed by atoms with Crippen molar-refractivity contribution in [2.24, 2.45) is 0 Å². The second kappa shape index (κ2) is 14.9. The van der Waals surface area contributed by atoms with Crippen molar-refractivity contribution in [3.8, 4) is 0 Å². The maximum Gasteiger partial charge on any atom is 0.174 e. The van der Waals surface area contributed by atoms with E-state index in [0.717, 1.165) is 25.5 Å². The first kappa shape index (κ1) is 24.8. The number of sulfone groups is 1. The van der Waals surface area contributed by atoms with Crippen LogP contribution >= 0.6 is 0 Å². The molecule has 3 atom stereocenters. The van der Waals surface area contributed by atoms with E-state index < -0.39 is 27.5 Å². The van der Waals surface area contributed by atoms with E-state index in [1.54, 1.807) is 0 Å². The van der Waals surface area contributed by atoms with Crippen molar-refractivity contribution < 1.29 is 23.7 Å². The molecular weight excluding hydrogens is 340 g/mol. The molecule has 5 nitrogen and oxygen atoms in total. The summed E-state index contributed by atoms with van der Waals surface area (Å²) in [7, 11) is -3.59. The lowest BCUT2D eigenvalue weighted by Crippen LogP contribution is -2.33. The summed E-state index contributed by atoms with van der Waals surface area (Å²) in [5.74, 6) is 0. The van der Waals surface area contributed by atoms with Gasteiger partial charge in [0.2, 0.25) is 0 Å². The van der Waals surface area contributed by atoms with Crippen LogP contribution in [0, 0.1) is 0 Å². The number of aliphatic hydroxyl groups is 3. The van der Waals surface area contributed by atoms with Crippen molar-refractivity contribution >= 4 is 9.84 Å². The van der Waals surface area contributed by atoms with E-state index in [1.807, 2.05) is 0 Å². The van der Waals surface area contributed by atoms with Crippen molar-refractivity contribution in [3.63, 3.8) is 0 Å². The van der Waals surface area contributed by atoms with Gasteiger partial charge in [-0.25, -0.2) is 8.42 Å². The van der Waals surface area contributed by atoms with Gasteiger partial charge in [-0.2, -0.15) is 0 Å². The van der Waals surface area contributed by atoms with Crippen molar-refractivity contribution in [1.82, 2.24) is 0 Å². The molecule has 0 bridgehead atoms. The maximum atomic E-state index is 11.1. The molecule has 0 aromatic heterocycles. The highest BCUT2D eigenvalue weighted by Crippen LogP contribution is 2.15. The maximum absolute atomic E-state index is 11.1. The lowest BCUT2D eigenvalue weighted by Gasteiger charge is -2.19. The van der Waals surface area contributed by atoms with Crippen molar-refractivity contribution in [1.29, 1.82) is 0 Å². The van der Waals surface area contributed by atoms with Crippen molar-refractivity contribution in [3.05, 3.63) is 0 Å². The molecule has 0 aliphatic carbocycles. The van der Waals surface area contributed by atoms with E-state index >= 15 is 0 Å². The normalized spacial score (nSPS) is 15.9. The molecular formula is C19H40O5S. The predicted molar refractivity (Wildman–Crippen MR) is 103 cm³/mol. The van der Waals surface area contributed by atoms with Crippen LogP contribution in [0.5, 0.6) is 0 Å². The van der Waals surface area contributed by atoms with E-state index in [0.29, 0.717) is 6.42 Å². The Morgan fingerprint density at radius 1 is 0.680 bits per heavy atom. The third kappa shape index (κ3) is 14.7. The molecule has 152 valence electrons. The molecule has 0 radical (unpaired) electrons. The number of aliphatic hydroxyl groups excluding tert-OH is 3. The molecule has 25 heavy (non-hydrogen) atoms. The zero-order chi connectivity index (χ0) is 19.1. The molecule has 0 amide bonds. The van der Waals surface area contributed by atoms with Crippen LogP contribution in [-0.4, -0.2) is 47.6 Å². The second-order valence-electron chi connectivity index (χ2n) is 7.33. The van der Waals surface area contributed by atoms with E-state index in [9.17, 15) is 23.7 Å². The van der Waals surface area contributed by atoms with E-state index in [2.05, 4.69) is 6.92 Å². The molecule has 3 N–H and O–H groups in total. The molecule has 0 aliphatic rings. The fourth-order valence-electron chi connectivity index (χ4n) is 2.93. The molecule has 0 aliphatic heterocycles. The van der Waals surface area contributed by atoms with Crippen LogP contribution in [0.1, 0.15) is 96.8 Å². The van der Waals surface area contributed by atoms with Gasteiger partial charge in [0.15, 0.2) is 15.3 Å². The fourth-order valence-corrected chi connectivity index (χ4v) is 3.47. The summed E-state index contributed by atoms with van der Waals surface area (Å²) in [5, 5.41) is 29.0. The summed E-state index contributed by atoms with van der Waals surface area (Å²) in [6, 6.07) is 0. The number of unbranched alkanes of at least 4 members (excludes halogenated alkanes) is 11. The molecule has 3 unspecified atom stereocenters. The Morgan fingerprint density at radius 2 is 1.08 bits per heavy atom. The zero-order valence-corrected chi connectivity index (χ0v) is 17.0. The first-order valence-electron chi connectivity index (χ1n) is 10.0. The van der Waals surface area contributed by atoms with E-state index in [4.69, 9.17) is 0 Å².